The van der Waals surface area contributed by atoms with E-state index in [0.717, 1.165) is 28.2 Å². The predicted molar refractivity (Wildman–Crippen MR) is 137 cm³/mol. The number of carbonyl (C=O) groups is 1. The number of nitrogen functional groups attached to an aromatic ring is 1. The van der Waals surface area contributed by atoms with Gasteiger partial charge in [-0.2, -0.15) is 5.10 Å². The summed E-state index contributed by atoms with van der Waals surface area (Å²) < 4.78 is 1.58. The largest absolute Gasteiger partial charge is 0.385 e. The molecule has 7 heteroatoms. The van der Waals surface area contributed by atoms with Gasteiger partial charge in [0.05, 0.1) is 23.0 Å². The minimum atomic E-state index is -0.799. The van der Waals surface area contributed by atoms with Crippen LogP contribution >= 0.6 is 0 Å². The number of ketones is 1. The third-order valence-corrected chi connectivity index (χ3v) is 6.78. The lowest BCUT2D eigenvalue weighted by Gasteiger charge is -2.39. The molecule has 0 unspecified atom stereocenters. The predicted octanol–water partition coefficient (Wildman–Crippen LogP) is 4.07. The van der Waals surface area contributed by atoms with Gasteiger partial charge in [0.1, 0.15) is 11.6 Å². The summed E-state index contributed by atoms with van der Waals surface area (Å²) in [6, 6.07) is 21.5. The first-order valence-corrected chi connectivity index (χ1v) is 11.8. The van der Waals surface area contributed by atoms with Crippen LogP contribution in [-0.4, -0.2) is 38.7 Å². The first-order valence-electron chi connectivity index (χ1n) is 11.8. The molecule has 2 aromatic heterocycles. The SMILES string of the molecule is Cc1ccc(-n2ncc(C(=O)Cc3ccc(N4CCC(O)(c5ccccc5)CC4)nc3)c2N)cc1. The standard InChI is InChI=1S/C28H29N5O2/c1-20-7-10-23(11-8-20)33-27(29)24(19-31-33)25(34)17-21-9-12-26(30-18-21)32-15-13-28(35,14-16-32)22-5-3-2-4-6-22/h2-12,18-19,35H,13-17,29H2,1H3. The van der Waals surface area contributed by atoms with Crippen molar-refractivity contribution < 1.29 is 9.90 Å². The Morgan fingerprint density at radius 3 is 2.37 bits per heavy atom. The van der Waals surface area contributed by atoms with E-state index < -0.39 is 5.60 Å². The molecule has 1 aliphatic heterocycles. The van der Waals surface area contributed by atoms with Crippen molar-refractivity contribution in [2.75, 3.05) is 23.7 Å². The van der Waals surface area contributed by atoms with Crippen LogP contribution in [0.5, 0.6) is 0 Å². The number of hydrogen-bond acceptors (Lipinski definition) is 6. The minimum Gasteiger partial charge on any atom is -0.385 e. The minimum absolute atomic E-state index is 0.0960. The Bertz CT molecular complexity index is 1310. The van der Waals surface area contributed by atoms with Crippen molar-refractivity contribution in [2.45, 2.75) is 31.8 Å². The topological polar surface area (TPSA) is 97.3 Å². The van der Waals surface area contributed by atoms with Crippen molar-refractivity contribution >= 4 is 17.4 Å². The Hall–Kier alpha value is -3.97. The third-order valence-electron chi connectivity index (χ3n) is 6.78. The molecule has 3 N–H and O–H groups in total. The van der Waals surface area contributed by atoms with E-state index in [-0.39, 0.29) is 12.2 Å². The van der Waals surface area contributed by atoms with E-state index in [2.05, 4.69) is 15.0 Å². The summed E-state index contributed by atoms with van der Waals surface area (Å²) in [5, 5.41) is 15.4. The number of rotatable bonds is 6. The number of nitrogens with zero attached hydrogens (tertiary/aromatic N) is 4. The highest BCUT2D eigenvalue weighted by Gasteiger charge is 2.34. The quantitative estimate of drug-likeness (QED) is 0.415. The molecular formula is C28H29N5O2. The van der Waals surface area contributed by atoms with Crippen LogP contribution in [0.15, 0.2) is 79.1 Å². The van der Waals surface area contributed by atoms with Crippen molar-refractivity contribution in [1.29, 1.82) is 0 Å². The summed E-state index contributed by atoms with van der Waals surface area (Å²) >= 11 is 0. The maximum absolute atomic E-state index is 12.9. The van der Waals surface area contributed by atoms with Gasteiger partial charge in [-0.3, -0.25) is 4.79 Å². The van der Waals surface area contributed by atoms with Crippen molar-refractivity contribution in [3.05, 3.63) is 101 Å². The number of aryl methyl sites for hydroxylation is 1. The molecule has 7 nitrogen and oxygen atoms in total. The lowest BCUT2D eigenvalue weighted by atomic mass is 9.84. The second-order valence-corrected chi connectivity index (χ2v) is 9.20. The fourth-order valence-electron chi connectivity index (χ4n) is 4.60. The summed E-state index contributed by atoms with van der Waals surface area (Å²) in [5.41, 5.74) is 9.60. The lowest BCUT2D eigenvalue weighted by Crippen LogP contribution is -2.42. The van der Waals surface area contributed by atoms with Gasteiger partial charge in [0.15, 0.2) is 5.78 Å². The Balaban J connectivity index is 1.22. The van der Waals surface area contributed by atoms with Gasteiger partial charge in [0.2, 0.25) is 0 Å². The summed E-state index contributed by atoms with van der Waals surface area (Å²) in [4.78, 5) is 19.7. The van der Waals surface area contributed by atoms with Crippen molar-refractivity contribution in [3.63, 3.8) is 0 Å². The summed E-state index contributed by atoms with van der Waals surface area (Å²) in [5.74, 6) is 1.09. The highest BCUT2D eigenvalue weighted by molar-refractivity contribution is 6.01. The number of nitrogens with two attached hydrogens (primary N) is 1. The van der Waals surface area contributed by atoms with Crippen LogP contribution in [-0.2, 0) is 12.0 Å². The molecule has 0 aliphatic carbocycles. The normalized spacial score (nSPS) is 15.2. The molecular weight excluding hydrogens is 438 g/mol. The number of benzene rings is 2. The molecule has 4 aromatic rings. The zero-order valence-corrected chi connectivity index (χ0v) is 19.8. The van der Waals surface area contributed by atoms with E-state index in [0.29, 0.717) is 37.3 Å². The molecule has 0 saturated carbocycles. The second kappa shape index (κ2) is 9.35. The van der Waals surface area contributed by atoms with Crippen LogP contribution in [0.4, 0.5) is 11.6 Å². The molecule has 3 heterocycles. The molecule has 0 atom stereocenters. The van der Waals surface area contributed by atoms with Gasteiger partial charge in [-0.25, -0.2) is 9.67 Å². The molecule has 0 bridgehead atoms. The van der Waals surface area contributed by atoms with Crippen LogP contribution in [0.2, 0.25) is 0 Å². The first-order chi connectivity index (χ1) is 16.9. The molecule has 0 amide bonds. The molecule has 35 heavy (non-hydrogen) atoms. The average Bonchev–Trinajstić information content (AvgIpc) is 3.27. The van der Waals surface area contributed by atoms with Gasteiger partial charge in [0, 0.05) is 25.7 Å². The first kappa shape index (κ1) is 22.8. The summed E-state index contributed by atoms with van der Waals surface area (Å²) in [6.07, 6.45) is 4.75. The lowest BCUT2D eigenvalue weighted by molar-refractivity contribution is 0.0116. The van der Waals surface area contributed by atoms with Gasteiger partial charge in [0.25, 0.3) is 0 Å². The van der Waals surface area contributed by atoms with Crippen LogP contribution in [0.1, 0.15) is 39.9 Å². The molecule has 5 rings (SSSR count). The van der Waals surface area contributed by atoms with Crippen molar-refractivity contribution in [1.82, 2.24) is 14.8 Å². The Morgan fingerprint density at radius 2 is 1.71 bits per heavy atom. The van der Waals surface area contributed by atoms with Gasteiger partial charge in [-0.05, 0) is 49.1 Å². The van der Waals surface area contributed by atoms with Gasteiger partial charge in [-0.15, -0.1) is 0 Å². The summed E-state index contributed by atoms with van der Waals surface area (Å²) in [6.45, 7) is 3.44. The Morgan fingerprint density at radius 1 is 1.00 bits per heavy atom. The van der Waals surface area contributed by atoms with E-state index in [1.54, 1.807) is 10.9 Å². The summed E-state index contributed by atoms with van der Waals surface area (Å²) in [7, 11) is 0. The van der Waals surface area contributed by atoms with E-state index in [1.807, 2.05) is 73.7 Å². The fraction of sp³-hybridized carbons (Fsp3) is 0.250. The van der Waals surface area contributed by atoms with Gasteiger partial charge < -0.3 is 15.7 Å². The van der Waals surface area contributed by atoms with E-state index in [4.69, 9.17) is 5.73 Å². The van der Waals surface area contributed by atoms with Crippen LogP contribution in [0.3, 0.4) is 0 Å². The van der Waals surface area contributed by atoms with Crippen LogP contribution < -0.4 is 10.6 Å². The van der Waals surface area contributed by atoms with Crippen LogP contribution in [0.25, 0.3) is 5.69 Å². The number of aromatic nitrogens is 3. The zero-order valence-electron chi connectivity index (χ0n) is 19.8. The molecule has 2 aromatic carbocycles. The number of Topliss-reactive ketones (excluding diaryl/α,β-unsaturated/α-hetero) is 1. The number of hydrogen-bond donors (Lipinski definition) is 2. The number of anilines is 2. The zero-order chi connectivity index (χ0) is 24.4. The number of carbonyl (C=O) groups excluding carboxylic acids is 1. The van der Waals surface area contributed by atoms with E-state index >= 15 is 0 Å². The van der Waals surface area contributed by atoms with Gasteiger partial charge in [-0.1, -0.05) is 54.1 Å². The average molecular weight is 468 g/mol. The maximum atomic E-state index is 12.9. The highest BCUT2D eigenvalue weighted by Crippen LogP contribution is 2.34. The van der Waals surface area contributed by atoms with E-state index in [9.17, 15) is 9.90 Å². The smallest absolute Gasteiger partial charge is 0.172 e. The second-order valence-electron chi connectivity index (χ2n) is 9.20. The third kappa shape index (κ3) is 4.68. The Kier molecular flexibility index (Phi) is 6.09. The van der Waals surface area contributed by atoms with E-state index in [1.165, 1.54) is 6.20 Å². The Labute approximate surface area is 204 Å². The van der Waals surface area contributed by atoms with Gasteiger partial charge >= 0.3 is 0 Å². The molecule has 1 fully saturated rings. The highest BCUT2D eigenvalue weighted by atomic mass is 16.3. The number of piperidine rings is 1. The van der Waals surface area contributed by atoms with Crippen molar-refractivity contribution in [3.8, 4) is 5.69 Å². The number of pyridine rings is 1. The molecule has 0 spiro atoms. The number of aliphatic hydroxyl groups is 1. The molecule has 0 radical (unpaired) electrons. The monoisotopic (exact) mass is 467 g/mol. The molecule has 1 saturated heterocycles. The van der Waals surface area contributed by atoms with Crippen molar-refractivity contribution in [2.24, 2.45) is 0 Å². The maximum Gasteiger partial charge on any atom is 0.172 e. The molecule has 1 aliphatic rings. The fourth-order valence-corrected chi connectivity index (χ4v) is 4.60. The van der Waals surface area contributed by atoms with Crippen LogP contribution in [0, 0.1) is 6.92 Å². The molecule has 178 valence electrons.